The largest absolute Gasteiger partial charge is 0.242 e. The van der Waals surface area contributed by atoms with Gasteiger partial charge in [0.2, 0.25) is 6.71 Å². The van der Waals surface area contributed by atoms with Gasteiger partial charge >= 0.3 is 0 Å². The monoisotopic (exact) mass is 710 g/mol. The van der Waals surface area contributed by atoms with Crippen LogP contribution in [0.15, 0.2) is 200 Å². The van der Waals surface area contributed by atoms with Gasteiger partial charge in [-0.25, -0.2) is 0 Å². The molecule has 0 bridgehead atoms. The molecule has 0 N–H and O–H groups in total. The standard InChI is InChI=1S/C55H39B/c1-55(2)48-28-16-17-29-50(48)56(39-22-10-5-11-23-39)51-33-31-38-30-32-44-45(42-26-14-12-24-40(42)36-18-6-3-7-19-36)34-46(47-35-49(55)54(51)52(38)53(44)47)43-27-15-13-25-41(43)37-20-8-4-9-21-37/h3-35H,1-2H3. The lowest BCUT2D eigenvalue weighted by Gasteiger charge is -2.30. The molecule has 0 atom stereocenters. The van der Waals surface area contributed by atoms with E-state index in [9.17, 15) is 0 Å². The van der Waals surface area contributed by atoms with Crippen LogP contribution in [-0.2, 0) is 5.41 Å². The highest BCUT2D eigenvalue weighted by atomic mass is 14.3. The highest BCUT2D eigenvalue weighted by molar-refractivity contribution is 6.97. The average molecular weight is 711 g/mol. The SMILES string of the molecule is CC1(C)c2ccccc2B(c2ccccc2)c2ccc3ccc4c(-c5ccccc5-c5ccccc5)cc(-c5ccccc5-c5ccccc5)c5cc1c2c3c45. The van der Waals surface area contributed by atoms with Crippen LogP contribution in [0.1, 0.15) is 25.0 Å². The number of hydrogen-bond acceptors (Lipinski definition) is 0. The summed E-state index contributed by atoms with van der Waals surface area (Å²) < 4.78 is 0. The van der Waals surface area contributed by atoms with Crippen molar-refractivity contribution in [2.75, 3.05) is 0 Å². The zero-order chi connectivity index (χ0) is 37.4. The molecule has 262 valence electrons. The van der Waals surface area contributed by atoms with Crippen LogP contribution in [0, 0.1) is 0 Å². The van der Waals surface area contributed by atoms with Gasteiger partial charge in [0.05, 0.1) is 0 Å². The van der Waals surface area contributed by atoms with Crippen LogP contribution in [0.25, 0.3) is 76.8 Å². The second-order valence-corrected chi connectivity index (χ2v) is 15.9. The minimum Gasteiger partial charge on any atom is -0.0686 e. The quantitative estimate of drug-likeness (QED) is 0.123. The molecule has 0 saturated carbocycles. The van der Waals surface area contributed by atoms with Crippen molar-refractivity contribution in [1.82, 2.24) is 0 Å². The Hall–Kier alpha value is -6.70. The highest BCUT2D eigenvalue weighted by Crippen LogP contribution is 2.50. The molecular weight excluding hydrogens is 671 g/mol. The molecule has 0 spiro atoms. The first kappa shape index (κ1) is 32.7. The normalized spacial score (nSPS) is 13.3. The summed E-state index contributed by atoms with van der Waals surface area (Å²) in [6.07, 6.45) is 0. The van der Waals surface area contributed by atoms with E-state index < -0.39 is 0 Å². The lowest BCUT2D eigenvalue weighted by Crippen LogP contribution is -2.53. The predicted octanol–water partition coefficient (Wildman–Crippen LogP) is 12.4. The van der Waals surface area contributed by atoms with Crippen LogP contribution < -0.4 is 16.4 Å². The molecule has 0 aliphatic carbocycles. The first-order valence-electron chi connectivity index (χ1n) is 19.8. The van der Waals surface area contributed by atoms with Crippen molar-refractivity contribution in [1.29, 1.82) is 0 Å². The molecule has 1 aliphatic rings. The Kier molecular flexibility index (Phi) is 7.41. The van der Waals surface area contributed by atoms with Crippen molar-refractivity contribution in [3.05, 3.63) is 211 Å². The van der Waals surface area contributed by atoms with Crippen molar-refractivity contribution in [2.24, 2.45) is 0 Å². The van der Waals surface area contributed by atoms with E-state index in [2.05, 4.69) is 214 Å². The summed E-state index contributed by atoms with van der Waals surface area (Å²) in [5, 5.41) is 7.98. The first-order valence-corrected chi connectivity index (χ1v) is 19.8. The van der Waals surface area contributed by atoms with Gasteiger partial charge in [0.25, 0.3) is 0 Å². The Labute approximate surface area is 329 Å². The maximum Gasteiger partial charge on any atom is 0.242 e. The predicted molar refractivity (Wildman–Crippen MR) is 242 cm³/mol. The second kappa shape index (κ2) is 12.7. The summed E-state index contributed by atoms with van der Waals surface area (Å²) in [5.41, 5.74) is 16.5. The van der Waals surface area contributed by atoms with Crippen molar-refractivity contribution in [3.8, 4) is 44.5 Å². The van der Waals surface area contributed by atoms with Gasteiger partial charge < -0.3 is 0 Å². The van der Waals surface area contributed by atoms with Crippen LogP contribution in [0.5, 0.6) is 0 Å². The Morgan fingerprint density at radius 1 is 0.339 bits per heavy atom. The smallest absolute Gasteiger partial charge is 0.0686 e. The topological polar surface area (TPSA) is 0 Å². The summed E-state index contributed by atoms with van der Waals surface area (Å²) in [6, 6.07) is 74.7. The summed E-state index contributed by atoms with van der Waals surface area (Å²) in [4.78, 5) is 0. The van der Waals surface area contributed by atoms with Crippen molar-refractivity contribution in [2.45, 2.75) is 19.3 Å². The molecule has 1 aliphatic heterocycles. The van der Waals surface area contributed by atoms with Gasteiger partial charge in [0.15, 0.2) is 0 Å². The fourth-order valence-electron chi connectivity index (χ4n) is 10.0. The van der Waals surface area contributed by atoms with Crippen LogP contribution >= 0.6 is 0 Å². The third-order valence-corrected chi connectivity index (χ3v) is 12.6. The van der Waals surface area contributed by atoms with Gasteiger partial charge in [-0.1, -0.05) is 218 Å². The molecule has 0 amide bonds. The number of rotatable bonds is 5. The lowest BCUT2D eigenvalue weighted by molar-refractivity contribution is 0.653. The minimum atomic E-state index is -0.266. The first-order chi connectivity index (χ1) is 27.6. The van der Waals surface area contributed by atoms with Crippen molar-refractivity contribution < 1.29 is 0 Å². The molecule has 0 radical (unpaired) electrons. The van der Waals surface area contributed by atoms with E-state index in [0.29, 0.717) is 0 Å². The number of hydrogen-bond donors (Lipinski definition) is 0. The maximum atomic E-state index is 2.59. The highest BCUT2D eigenvalue weighted by Gasteiger charge is 2.39. The molecule has 1 heterocycles. The fraction of sp³-hybridized carbons (Fsp3) is 0.0545. The third-order valence-electron chi connectivity index (χ3n) is 12.6. The van der Waals surface area contributed by atoms with Crippen LogP contribution in [0.2, 0.25) is 0 Å². The molecule has 0 fully saturated rings. The van der Waals surface area contributed by atoms with E-state index in [-0.39, 0.29) is 12.1 Å². The number of fused-ring (bicyclic) bond motifs is 1. The van der Waals surface area contributed by atoms with Crippen LogP contribution in [-0.4, -0.2) is 6.71 Å². The van der Waals surface area contributed by atoms with Crippen LogP contribution in [0.3, 0.4) is 0 Å². The van der Waals surface area contributed by atoms with Crippen LogP contribution in [0.4, 0.5) is 0 Å². The van der Waals surface area contributed by atoms with E-state index >= 15 is 0 Å². The fourth-order valence-corrected chi connectivity index (χ4v) is 10.0. The molecule has 0 unspecified atom stereocenters. The summed E-state index contributed by atoms with van der Waals surface area (Å²) >= 11 is 0. The summed E-state index contributed by atoms with van der Waals surface area (Å²) in [5.74, 6) is 0. The van der Waals surface area contributed by atoms with E-state index in [1.165, 1.54) is 104 Å². The van der Waals surface area contributed by atoms with E-state index in [1.807, 2.05) is 0 Å². The Bertz CT molecular complexity index is 3090. The van der Waals surface area contributed by atoms with E-state index in [4.69, 9.17) is 0 Å². The Balaban J connectivity index is 1.34. The van der Waals surface area contributed by atoms with Gasteiger partial charge in [-0.3, -0.25) is 0 Å². The zero-order valence-corrected chi connectivity index (χ0v) is 31.6. The molecule has 11 rings (SSSR count). The minimum absolute atomic E-state index is 0.106. The zero-order valence-electron chi connectivity index (χ0n) is 31.6. The van der Waals surface area contributed by atoms with Gasteiger partial charge in [0, 0.05) is 5.41 Å². The Morgan fingerprint density at radius 3 is 1.50 bits per heavy atom. The summed E-state index contributed by atoms with van der Waals surface area (Å²) in [6.45, 7) is 5.00. The van der Waals surface area contributed by atoms with Gasteiger partial charge in [-0.15, -0.1) is 0 Å². The summed E-state index contributed by atoms with van der Waals surface area (Å²) in [7, 11) is 0. The van der Waals surface area contributed by atoms with Crippen molar-refractivity contribution >= 4 is 55.4 Å². The van der Waals surface area contributed by atoms with Gasteiger partial charge in [-0.05, 0) is 100 Å². The van der Waals surface area contributed by atoms with E-state index in [1.54, 1.807) is 0 Å². The molecule has 0 aromatic heterocycles. The molecule has 0 nitrogen and oxygen atoms in total. The lowest BCUT2D eigenvalue weighted by atomic mass is 9.36. The second-order valence-electron chi connectivity index (χ2n) is 15.9. The average Bonchev–Trinajstić information content (AvgIpc) is 3.34. The molecule has 10 aromatic rings. The molecule has 1 heteroatoms. The third kappa shape index (κ3) is 4.87. The Morgan fingerprint density at radius 2 is 0.857 bits per heavy atom. The van der Waals surface area contributed by atoms with E-state index in [0.717, 1.165) is 0 Å². The van der Waals surface area contributed by atoms with Gasteiger partial charge in [-0.2, -0.15) is 0 Å². The number of benzene rings is 10. The molecule has 56 heavy (non-hydrogen) atoms. The van der Waals surface area contributed by atoms with Crippen molar-refractivity contribution in [3.63, 3.8) is 0 Å². The van der Waals surface area contributed by atoms with Gasteiger partial charge in [0.1, 0.15) is 0 Å². The molecular formula is C55H39B. The molecule has 0 saturated heterocycles. The molecule has 10 aromatic carbocycles. The maximum absolute atomic E-state index is 2.59.